The smallest absolute Gasteiger partial charge is 0.152 e. The van der Waals surface area contributed by atoms with Gasteiger partial charge in [0.05, 0.1) is 73.1 Å². The molecule has 10 nitrogen and oxygen atoms in total. The van der Waals surface area contributed by atoms with Gasteiger partial charge in [0.1, 0.15) is 0 Å². The molecular weight excluding hydrogens is 488 g/mol. The summed E-state index contributed by atoms with van der Waals surface area (Å²) in [5.41, 5.74) is 0.391. The Bertz CT molecular complexity index is 1380. The molecule has 1 saturated heterocycles. The summed E-state index contributed by atoms with van der Waals surface area (Å²) in [6.07, 6.45) is -1.47. The van der Waals surface area contributed by atoms with Crippen molar-refractivity contribution in [2.75, 3.05) is 39.6 Å². The summed E-state index contributed by atoms with van der Waals surface area (Å²) in [5.74, 6) is 0. The average molecular weight is 521 g/mol. The van der Waals surface area contributed by atoms with Crippen molar-refractivity contribution in [1.82, 2.24) is 20.6 Å². The molecule has 6 N–H and O–H groups in total. The number of hydrogen-bond donors (Lipinski definition) is 6. The normalized spacial score (nSPS) is 20.8. The summed E-state index contributed by atoms with van der Waals surface area (Å²) in [7, 11) is 0. The summed E-state index contributed by atoms with van der Waals surface area (Å²) >= 11 is 0. The van der Waals surface area contributed by atoms with E-state index in [4.69, 9.17) is 19.4 Å². The van der Waals surface area contributed by atoms with Crippen molar-refractivity contribution >= 4 is 21.8 Å². The lowest BCUT2D eigenvalue weighted by Crippen LogP contribution is -2.57. The average Bonchev–Trinajstić information content (AvgIpc) is 3.42. The topological polar surface area (TPSA) is 149 Å². The molecule has 3 heterocycles. The van der Waals surface area contributed by atoms with Crippen molar-refractivity contribution in [3.05, 3.63) is 84.2 Å². The van der Waals surface area contributed by atoms with E-state index in [1.165, 1.54) is 0 Å². The van der Waals surface area contributed by atoms with Crippen LogP contribution in [0.2, 0.25) is 0 Å². The van der Waals surface area contributed by atoms with Gasteiger partial charge in [0.15, 0.2) is 12.5 Å². The Hall–Kier alpha value is -3.06. The zero-order valence-corrected chi connectivity index (χ0v) is 20.8. The van der Waals surface area contributed by atoms with E-state index in [2.05, 4.69) is 10.6 Å². The van der Waals surface area contributed by atoms with Gasteiger partial charge in [-0.25, -0.2) is 9.97 Å². The number of hydrogen-bond acceptors (Lipinski definition) is 10. The molecule has 1 aliphatic heterocycles. The minimum absolute atomic E-state index is 0.00186. The van der Waals surface area contributed by atoms with Crippen LogP contribution in [0.15, 0.2) is 72.8 Å². The molecule has 4 aromatic rings. The largest absolute Gasteiger partial charge is 0.394 e. The third-order valence-corrected chi connectivity index (χ3v) is 6.91. The van der Waals surface area contributed by atoms with E-state index >= 15 is 0 Å². The van der Waals surface area contributed by atoms with Crippen molar-refractivity contribution in [1.29, 1.82) is 0 Å². The van der Waals surface area contributed by atoms with Gasteiger partial charge in [0.2, 0.25) is 0 Å². The van der Waals surface area contributed by atoms with Gasteiger partial charge < -0.3 is 29.9 Å². The second-order valence-corrected chi connectivity index (χ2v) is 9.72. The van der Waals surface area contributed by atoms with Crippen molar-refractivity contribution < 1.29 is 29.9 Å². The summed E-state index contributed by atoms with van der Waals surface area (Å²) in [5, 5.41) is 48.4. The number of benzene rings is 2. The first-order valence-corrected chi connectivity index (χ1v) is 12.5. The van der Waals surface area contributed by atoms with Crippen LogP contribution in [0.4, 0.5) is 0 Å². The molecule has 0 bridgehead atoms. The quantitative estimate of drug-likeness (QED) is 0.159. The monoisotopic (exact) mass is 520 g/mol. The van der Waals surface area contributed by atoms with Crippen LogP contribution in [0.5, 0.6) is 0 Å². The number of aliphatic hydroxyl groups excluding tert-OH is 4. The summed E-state index contributed by atoms with van der Waals surface area (Å²) in [6.45, 7) is -1.72. The number of ether oxygens (including phenoxy) is 2. The summed E-state index contributed by atoms with van der Waals surface area (Å²) < 4.78 is 12.2. The van der Waals surface area contributed by atoms with E-state index in [1.54, 1.807) is 6.07 Å². The Morgan fingerprint density at radius 1 is 0.895 bits per heavy atom. The standard InChI is InChI=1S/C28H32N4O6/c33-13-27(14-34,15-35)31-25(23-11-9-19-5-1-3-7-21(19)29-23)37-17-28(16-36)18-38-26(32-28)24-12-10-20-6-2-4-8-22(20)30-24/h1-12,25-26,31-36H,13-18H2. The first-order valence-electron chi connectivity index (χ1n) is 12.5. The third kappa shape index (κ3) is 5.39. The zero-order chi connectivity index (χ0) is 26.6. The molecule has 3 unspecified atom stereocenters. The molecule has 1 fully saturated rings. The Balaban J connectivity index is 1.37. The number of nitrogens with zero attached hydrogens (tertiary/aromatic N) is 2. The molecule has 0 radical (unpaired) electrons. The maximum absolute atomic E-state index is 10.3. The van der Waals surface area contributed by atoms with Crippen molar-refractivity contribution in [3.63, 3.8) is 0 Å². The minimum Gasteiger partial charge on any atom is -0.394 e. The zero-order valence-electron chi connectivity index (χ0n) is 20.8. The molecular formula is C28H32N4O6. The van der Waals surface area contributed by atoms with Crippen LogP contribution in [-0.2, 0) is 9.47 Å². The van der Waals surface area contributed by atoms with E-state index in [9.17, 15) is 20.4 Å². The number of aromatic nitrogens is 2. The lowest BCUT2D eigenvalue weighted by molar-refractivity contribution is -0.0645. The molecule has 3 atom stereocenters. The van der Waals surface area contributed by atoms with Crippen molar-refractivity contribution in [2.45, 2.75) is 23.5 Å². The van der Waals surface area contributed by atoms with Gasteiger partial charge in [-0.2, -0.15) is 0 Å². The predicted molar refractivity (Wildman–Crippen MR) is 141 cm³/mol. The molecule has 2 aromatic carbocycles. The van der Waals surface area contributed by atoms with Gasteiger partial charge in [-0.15, -0.1) is 0 Å². The van der Waals surface area contributed by atoms with E-state index in [-0.39, 0.29) is 19.8 Å². The molecule has 1 aliphatic rings. The first-order chi connectivity index (χ1) is 18.5. The van der Waals surface area contributed by atoms with Crippen LogP contribution >= 0.6 is 0 Å². The lowest BCUT2D eigenvalue weighted by Gasteiger charge is -2.35. The molecule has 0 aliphatic carbocycles. The van der Waals surface area contributed by atoms with E-state index < -0.39 is 43.4 Å². The fourth-order valence-electron chi connectivity index (χ4n) is 4.45. The Labute approximate surface area is 219 Å². The predicted octanol–water partition coefficient (Wildman–Crippen LogP) is 1.15. The van der Waals surface area contributed by atoms with Crippen LogP contribution in [0, 0.1) is 0 Å². The van der Waals surface area contributed by atoms with E-state index in [0.29, 0.717) is 11.4 Å². The second kappa shape index (κ2) is 11.4. The Morgan fingerprint density at radius 3 is 2.18 bits per heavy atom. The maximum atomic E-state index is 10.3. The lowest BCUT2D eigenvalue weighted by atomic mass is 10.0. The molecule has 2 aromatic heterocycles. The van der Waals surface area contributed by atoms with Crippen LogP contribution in [0.3, 0.4) is 0 Å². The summed E-state index contributed by atoms with van der Waals surface area (Å²) in [6, 6.07) is 22.9. The first kappa shape index (κ1) is 26.5. The number of fused-ring (bicyclic) bond motifs is 2. The van der Waals surface area contributed by atoms with Gasteiger partial charge in [0, 0.05) is 10.8 Å². The van der Waals surface area contributed by atoms with Crippen molar-refractivity contribution in [3.8, 4) is 0 Å². The molecule has 0 saturated carbocycles. The molecule has 5 rings (SSSR count). The molecule has 200 valence electrons. The van der Waals surface area contributed by atoms with Gasteiger partial charge >= 0.3 is 0 Å². The third-order valence-electron chi connectivity index (χ3n) is 6.91. The summed E-state index contributed by atoms with van der Waals surface area (Å²) in [4.78, 5) is 9.39. The highest BCUT2D eigenvalue weighted by molar-refractivity contribution is 5.79. The fraction of sp³-hybridized carbons (Fsp3) is 0.357. The number of rotatable bonds is 11. The van der Waals surface area contributed by atoms with Crippen LogP contribution < -0.4 is 10.6 Å². The maximum Gasteiger partial charge on any atom is 0.152 e. The van der Waals surface area contributed by atoms with Crippen LogP contribution in [0.1, 0.15) is 23.8 Å². The molecule has 38 heavy (non-hydrogen) atoms. The minimum atomic E-state index is -1.42. The SMILES string of the molecule is OCC(CO)(CO)NC(OCC1(CO)COC(c2ccc3ccccc3n2)N1)c1ccc2ccccc2n1. The van der Waals surface area contributed by atoms with E-state index in [0.717, 1.165) is 21.8 Å². The fourth-order valence-corrected chi connectivity index (χ4v) is 4.45. The van der Waals surface area contributed by atoms with Gasteiger partial charge in [-0.1, -0.05) is 48.5 Å². The highest BCUT2D eigenvalue weighted by Gasteiger charge is 2.42. The van der Waals surface area contributed by atoms with Crippen molar-refractivity contribution in [2.24, 2.45) is 0 Å². The highest BCUT2D eigenvalue weighted by Crippen LogP contribution is 2.29. The molecule has 10 heteroatoms. The number of para-hydroxylation sites is 2. The van der Waals surface area contributed by atoms with Gasteiger partial charge in [-0.3, -0.25) is 10.6 Å². The van der Waals surface area contributed by atoms with Crippen LogP contribution in [0.25, 0.3) is 21.8 Å². The Morgan fingerprint density at radius 2 is 1.53 bits per heavy atom. The Kier molecular flexibility index (Phi) is 7.93. The highest BCUT2D eigenvalue weighted by atomic mass is 16.5. The number of aliphatic hydroxyl groups is 4. The van der Waals surface area contributed by atoms with Gasteiger partial charge in [0.25, 0.3) is 0 Å². The number of pyridine rings is 2. The number of nitrogens with one attached hydrogen (secondary N) is 2. The van der Waals surface area contributed by atoms with E-state index in [1.807, 2.05) is 66.7 Å². The second-order valence-electron chi connectivity index (χ2n) is 9.72. The van der Waals surface area contributed by atoms with Crippen LogP contribution in [-0.4, -0.2) is 81.1 Å². The van der Waals surface area contributed by atoms with Gasteiger partial charge in [-0.05, 0) is 24.3 Å². The molecule has 0 amide bonds. The molecule has 0 spiro atoms.